The van der Waals surface area contributed by atoms with E-state index in [4.69, 9.17) is 4.74 Å². The number of carbonyl (C=O) groups is 3. The number of aromatic nitrogens is 1. The quantitative estimate of drug-likeness (QED) is 0.159. The Bertz CT molecular complexity index is 1830. The molecule has 0 radical (unpaired) electrons. The van der Waals surface area contributed by atoms with Crippen molar-refractivity contribution in [3.05, 3.63) is 129 Å². The number of methoxy groups -OCH3 is 1. The van der Waals surface area contributed by atoms with E-state index >= 15 is 0 Å². The molecule has 1 aliphatic heterocycles. The van der Waals surface area contributed by atoms with Crippen molar-refractivity contribution in [3.8, 4) is 5.75 Å². The number of carbonyl (C=O) groups excluding carboxylic acids is 3. The van der Waals surface area contributed by atoms with Crippen molar-refractivity contribution >= 4 is 35.3 Å². The molecule has 0 spiro atoms. The van der Waals surface area contributed by atoms with Crippen LogP contribution in [0.3, 0.4) is 0 Å². The maximum absolute atomic E-state index is 14.5. The fraction of sp³-hybridized carbons (Fsp3) is 0.156. The molecule has 11 nitrogen and oxygen atoms in total. The van der Waals surface area contributed by atoms with Gasteiger partial charge < -0.3 is 4.74 Å². The first-order valence-corrected chi connectivity index (χ1v) is 13.5. The van der Waals surface area contributed by atoms with Crippen molar-refractivity contribution in [2.24, 2.45) is 16.9 Å². The van der Waals surface area contributed by atoms with E-state index in [-0.39, 0.29) is 17.1 Å². The first-order valence-electron chi connectivity index (χ1n) is 13.5. The van der Waals surface area contributed by atoms with Gasteiger partial charge in [-0.15, -0.1) is 0 Å². The van der Waals surface area contributed by atoms with Crippen molar-refractivity contribution in [2.45, 2.75) is 11.3 Å². The number of nitrogens with zero attached hydrogens (tertiary/aromatic N) is 4. The zero-order valence-electron chi connectivity index (χ0n) is 22.7. The summed E-state index contributed by atoms with van der Waals surface area (Å²) in [6.07, 6.45) is 4.57. The Hall–Kier alpha value is -5.71. The summed E-state index contributed by atoms with van der Waals surface area (Å²) in [4.78, 5) is 57.6. The molecule has 4 aromatic rings. The molecule has 0 saturated carbocycles. The van der Waals surface area contributed by atoms with Gasteiger partial charge in [-0.25, -0.2) is 10.3 Å². The van der Waals surface area contributed by atoms with Gasteiger partial charge in [0.1, 0.15) is 5.75 Å². The lowest BCUT2D eigenvalue weighted by Crippen LogP contribution is -2.54. The second-order valence-corrected chi connectivity index (χ2v) is 10.6. The molecule has 3 amide bonds. The highest BCUT2D eigenvalue weighted by Gasteiger charge is 2.68. The number of hydrogen-bond donors (Lipinski definition) is 1. The maximum atomic E-state index is 14.5. The van der Waals surface area contributed by atoms with Crippen LogP contribution in [-0.4, -0.2) is 41.0 Å². The number of nitro benzene ring substituents is 1. The molecular formula is C32H23N5O6. The minimum absolute atomic E-state index is 0.0317. The van der Waals surface area contributed by atoms with Gasteiger partial charge in [0, 0.05) is 36.2 Å². The van der Waals surface area contributed by atoms with Gasteiger partial charge in [-0.3, -0.25) is 29.5 Å². The van der Waals surface area contributed by atoms with Gasteiger partial charge >= 0.3 is 0 Å². The van der Waals surface area contributed by atoms with Gasteiger partial charge in [0.2, 0.25) is 11.8 Å². The molecule has 43 heavy (non-hydrogen) atoms. The number of ether oxygens (including phenoxy) is 1. The van der Waals surface area contributed by atoms with Gasteiger partial charge in [-0.1, -0.05) is 48.5 Å². The lowest BCUT2D eigenvalue weighted by Gasteiger charge is -2.52. The average molecular weight is 574 g/mol. The molecule has 1 saturated heterocycles. The molecule has 11 heteroatoms. The Balaban J connectivity index is 1.41. The van der Waals surface area contributed by atoms with Crippen LogP contribution in [0.25, 0.3) is 0 Å². The van der Waals surface area contributed by atoms with E-state index in [9.17, 15) is 24.5 Å². The van der Waals surface area contributed by atoms with Crippen molar-refractivity contribution in [1.82, 2.24) is 10.4 Å². The Morgan fingerprint density at radius 2 is 1.65 bits per heavy atom. The number of pyridine rings is 1. The molecule has 0 unspecified atom stereocenters. The van der Waals surface area contributed by atoms with Gasteiger partial charge in [-0.05, 0) is 40.5 Å². The zero-order valence-corrected chi connectivity index (χ0v) is 22.7. The SMILES string of the molecule is COc1cc([N+](=O)[O-])ccc1N1C(=O)[C@@H]2C3c4ccccc4C(/C=N\NC(=O)c4ccncc4)(c4ccccc43)[C@@H]2C1=O. The number of nitro groups is 1. The van der Waals surface area contributed by atoms with Crippen LogP contribution >= 0.6 is 0 Å². The highest BCUT2D eigenvalue weighted by molar-refractivity contribution is 6.25. The normalized spacial score (nSPS) is 23.1. The van der Waals surface area contributed by atoms with E-state index in [0.29, 0.717) is 5.56 Å². The van der Waals surface area contributed by atoms with E-state index in [1.807, 2.05) is 48.5 Å². The molecule has 1 N–H and O–H groups in total. The van der Waals surface area contributed by atoms with E-state index in [2.05, 4.69) is 15.5 Å². The third-order valence-corrected chi connectivity index (χ3v) is 8.68. The Labute approximate surface area is 245 Å². The van der Waals surface area contributed by atoms with Crippen LogP contribution in [0.5, 0.6) is 5.75 Å². The predicted molar refractivity (Wildman–Crippen MR) is 155 cm³/mol. The summed E-state index contributed by atoms with van der Waals surface area (Å²) in [5.74, 6) is -3.45. The molecule has 4 aliphatic rings. The summed E-state index contributed by atoms with van der Waals surface area (Å²) in [6.45, 7) is 0. The molecule has 3 aliphatic carbocycles. The van der Waals surface area contributed by atoms with E-state index < -0.39 is 45.8 Å². The summed E-state index contributed by atoms with van der Waals surface area (Å²) in [7, 11) is 1.33. The number of hydrazone groups is 1. The number of non-ortho nitro benzene ring substituents is 1. The standard InChI is InChI=1S/C32H23N5O6/c1-43-25-16-19(37(41)42)10-11-24(25)36-30(39)27-26-20-6-2-4-8-22(20)32(28(27)31(36)40,23-9-5-3-7-21(23)26)17-34-35-29(38)18-12-14-33-15-13-18/h2-17,26-28H,1H3,(H,35,38)/b34-17-/t26?,27-,28+,32?/m1/s1. The Kier molecular flexibility index (Phi) is 5.91. The van der Waals surface area contributed by atoms with Crippen LogP contribution in [0.4, 0.5) is 11.4 Å². The zero-order chi connectivity index (χ0) is 29.9. The Morgan fingerprint density at radius 3 is 2.28 bits per heavy atom. The van der Waals surface area contributed by atoms with Crippen LogP contribution < -0.4 is 15.1 Å². The Morgan fingerprint density at radius 1 is 1.00 bits per heavy atom. The van der Waals surface area contributed by atoms with Gasteiger partial charge in [0.15, 0.2) is 0 Å². The molecule has 212 valence electrons. The molecule has 3 aromatic carbocycles. The average Bonchev–Trinajstić information content (AvgIpc) is 3.31. The molecule has 8 rings (SSSR count). The smallest absolute Gasteiger partial charge is 0.273 e. The summed E-state index contributed by atoms with van der Waals surface area (Å²) < 4.78 is 5.42. The van der Waals surface area contributed by atoms with Gasteiger partial charge in [0.05, 0.1) is 41.0 Å². The van der Waals surface area contributed by atoms with Crippen molar-refractivity contribution in [1.29, 1.82) is 0 Å². The molecule has 2 heterocycles. The molecule has 2 bridgehead atoms. The third kappa shape index (κ3) is 3.64. The van der Waals surface area contributed by atoms with Crippen LogP contribution in [0.2, 0.25) is 0 Å². The van der Waals surface area contributed by atoms with E-state index in [1.165, 1.54) is 37.7 Å². The first kappa shape index (κ1) is 26.2. The van der Waals surface area contributed by atoms with Crippen LogP contribution in [0.15, 0.2) is 96.4 Å². The van der Waals surface area contributed by atoms with Gasteiger partial charge in [0.25, 0.3) is 11.6 Å². The predicted octanol–water partition coefficient (Wildman–Crippen LogP) is 3.97. The summed E-state index contributed by atoms with van der Waals surface area (Å²) in [6, 6.07) is 22.2. The highest BCUT2D eigenvalue weighted by atomic mass is 16.6. The van der Waals surface area contributed by atoms with Gasteiger partial charge in [-0.2, -0.15) is 5.10 Å². The highest BCUT2D eigenvalue weighted by Crippen LogP contribution is 2.64. The van der Waals surface area contributed by atoms with E-state index in [1.54, 1.807) is 18.3 Å². The van der Waals surface area contributed by atoms with Crippen molar-refractivity contribution in [2.75, 3.05) is 12.0 Å². The maximum Gasteiger partial charge on any atom is 0.273 e. The minimum Gasteiger partial charge on any atom is -0.494 e. The number of nitrogens with one attached hydrogen (secondary N) is 1. The second kappa shape index (κ2) is 9.69. The summed E-state index contributed by atoms with van der Waals surface area (Å²) in [5, 5.41) is 15.8. The molecule has 1 fully saturated rings. The summed E-state index contributed by atoms with van der Waals surface area (Å²) >= 11 is 0. The number of hydrogen-bond acceptors (Lipinski definition) is 8. The third-order valence-electron chi connectivity index (χ3n) is 8.68. The topological polar surface area (TPSA) is 144 Å². The molecular weight excluding hydrogens is 550 g/mol. The lowest BCUT2D eigenvalue weighted by atomic mass is 9.47. The molecule has 1 aromatic heterocycles. The van der Waals surface area contributed by atoms with Crippen molar-refractivity contribution < 1.29 is 24.0 Å². The fourth-order valence-corrected chi connectivity index (χ4v) is 7.01. The van der Waals surface area contributed by atoms with Crippen LogP contribution in [0.1, 0.15) is 38.5 Å². The number of amides is 3. The van der Waals surface area contributed by atoms with Crippen molar-refractivity contribution in [3.63, 3.8) is 0 Å². The minimum atomic E-state index is -1.20. The second-order valence-electron chi connectivity index (χ2n) is 10.6. The molecule has 2 atom stereocenters. The number of rotatable bonds is 6. The number of imide groups is 1. The number of anilines is 1. The van der Waals surface area contributed by atoms with Crippen LogP contribution in [0, 0.1) is 22.0 Å². The lowest BCUT2D eigenvalue weighted by molar-refractivity contribution is -0.384. The largest absolute Gasteiger partial charge is 0.494 e. The van der Waals surface area contributed by atoms with E-state index in [0.717, 1.165) is 27.2 Å². The summed E-state index contributed by atoms with van der Waals surface area (Å²) in [5.41, 5.74) is 5.07. The van der Waals surface area contributed by atoms with Crippen LogP contribution in [-0.2, 0) is 15.0 Å². The fourth-order valence-electron chi connectivity index (χ4n) is 7.01. The number of benzene rings is 3. The first-order chi connectivity index (χ1) is 20.9. The monoisotopic (exact) mass is 573 g/mol.